The van der Waals surface area contributed by atoms with Crippen LogP contribution in [0.5, 0.6) is 0 Å². The molecule has 1 N–H and O–H groups in total. The second kappa shape index (κ2) is 7.22. The van der Waals surface area contributed by atoms with Crippen molar-refractivity contribution in [3.63, 3.8) is 0 Å². The van der Waals surface area contributed by atoms with E-state index >= 15 is 0 Å². The third-order valence-corrected chi connectivity index (χ3v) is 5.37. The number of nitrogens with zero attached hydrogens (tertiary/aromatic N) is 4. The Kier molecular flexibility index (Phi) is 5.03. The Morgan fingerprint density at radius 1 is 1.00 bits per heavy atom. The smallest absolute Gasteiger partial charge is 0.233 e. The number of nitrogens with one attached hydrogen (secondary N) is 1. The highest BCUT2D eigenvalue weighted by Crippen LogP contribution is 2.20. The van der Waals surface area contributed by atoms with Crippen LogP contribution in [0.2, 0.25) is 0 Å². The summed E-state index contributed by atoms with van der Waals surface area (Å²) in [6.45, 7) is 4.65. The lowest BCUT2D eigenvalue weighted by molar-refractivity contribution is 0.602. The summed E-state index contributed by atoms with van der Waals surface area (Å²) in [6, 6.07) is 9.85. The molecule has 9 heteroatoms. The average molecular weight is 365 g/mol. The highest BCUT2D eigenvalue weighted by Gasteiger charge is 2.19. The van der Waals surface area contributed by atoms with E-state index < -0.39 is 10.0 Å². The summed E-state index contributed by atoms with van der Waals surface area (Å²) in [5.41, 5.74) is 0.997. The molecule has 0 unspecified atom stereocenters. The maximum Gasteiger partial charge on any atom is 0.233 e. The first-order valence-corrected chi connectivity index (χ1v) is 9.72. The maximum atomic E-state index is 13.0. The van der Waals surface area contributed by atoms with Crippen molar-refractivity contribution in [2.45, 2.75) is 6.92 Å². The van der Waals surface area contributed by atoms with Crippen molar-refractivity contribution in [3.8, 4) is 0 Å². The minimum atomic E-state index is -3.35. The van der Waals surface area contributed by atoms with Crippen LogP contribution in [0.1, 0.15) is 6.92 Å². The first-order valence-electron chi connectivity index (χ1n) is 8.06. The number of aromatic nitrogens is 2. The van der Waals surface area contributed by atoms with Crippen molar-refractivity contribution in [2.75, 3.05) is 46.5 Å². The average Bonchev–Trinajstić information content (AvgIpc) is 2.63. The molecular formula is C16H20FN5O2S. The fraction of sp³-hybridized carbons (Fsp3) is 0.375. The van der Waals surface area contributed by atoms with Gasteiger partial charge in [0.2, 0.25) is 10.0 Å². The molecular weight excluding hydrogens is 345 g/mol. The summed E-state index contributed by atoms with van der Waals surface area (Å²) in [4.78, 5) is 4.28. The van der Waals surface area contributed by atoms with Gasteiger partial charge in [-0.1, -0.05) is 0 Å². The molecule has 2 heterocycles. The quantitative estimate of drug-likeness (QED) is 0.869. The Balaban J connectivity index is 1.60. The maximum absolute atomic E-state index is 13.0. The van der Waals surface area contributed by atoms with E-state index in [1.807, 2.05) is 0 Å². The SMILES string of the molecule is CCS(=O)(=O)Nc1ccc(N2CCN(c3ccc(F)cc3)CC2)nn1. The zero-order valence-electron chi connectivity index (χ0n) is 13.9. The van der Waals surface area contributed by atoms with E-state index in [9.17, 15) is 12.8 Å². The molecule has 3 rings (SSSR count). The van der Waals surface area contributed by atoms with Crippen LogP contribution in [0.3, 0.4) is 0 Å². The van der Waals surface area contributed by atoms with Gasteiger partial charge in [-0.15, -0.1) is 10.2 Å². The minimum Gasteiger partial charge on any atom is -0.368 e. The fourth-order valence-electron chi connectivity index (χ4n) is 2.63. The summed E-state index contributed by atoms with van der Waals surface area (Å²) in [5.74, 6) is 0.673. The molecule has 7 nitrogen and oxygen atoms in total. The fourth-order valence-corrected chi connectivity index (χ4v) is 3.20. The molecule has 1 saturated heterocycles. The van der Waals surface area contributed by atoms with E-state index in [-0.39, 0.29) is 17.4 Å². The van der Waals surface area contributed by atoms with Crippen molar-refractivity contribution in [3.05, 3.63) is 42.2 Å². The van der Waals surface area contributed by atoms with Gasteiger partial charge in [0.05, 0.1) is 5.75 Å². The molecule has 1 aliphatic heterocycles. The molecule has 0 bridgehead atoms. The summed E-state index contributed by atoms with van der Waals surface area (Å²) >= 11 is 0. The number of hydrogen-bond acceptors (Lipinski definition) is 6. The van der Waals surface area contributed by atoms with Gasteiger partial charge in [0.25, 0.3) is 0 Å². The highest BCUT2D eigenvalue weighted by molar-refractivity contribution is 7.92. The van der Waals surface area contributed by atoms with E-state index in [1.165, 1.54) is 12.1 Å². The van der Waals surface area contributed by atoms with Gasteiger partial charge >= 0.3 is 0 Å². The van der Waals surface area contributed by atoms with Gasteiger partial charge in [-0.3, -0.25) is 4.72 Å². The van der Waals surface area contributed by atoms with Crippen LogP contribution < -0.4 is 14.5 Å². The molecule has 2 aromatic rings. The molecule has 1 aromatic heterocycles. The number of hydrogen-bond donors (Lipinski definition) is 1. The second-order valence-corrected chi connectivity index (χ2v) is 7.74. The molecule has 0 atom stereocenters. The van der Waals surface area contributed by atoms with Gasteiger partial charge in [-0.2, -0.15) is 0 Å². The third kappa shape index (κ3) is 4.36. The van der Waals surface area contributed by atoms with Crippen molar-refractivity contribution in [2.24, 2.45) is 0 Å². The number of piperazine rings is 1. The summed E-state index contributed by atoms with van der Waals surface area (Å²) in [6.07, 6.45) is 0. The van der Waals surface area contributed by atoms with Gasteiger partial charge in [0, 0.05) is 31.9 Å². The van der Waals surface area contributed by atoms with E-state index in [4.69, 9.17) is 0 Å². The summed E-state index contributed by atoms with van der Waals surface area (Å²) in [5, 5.41) is 8.05. The Morgan fingerprint density at radius 2 is 1.64 bits per heavy atom. The van der Waals surface area contributed by atoms with E-state index in [2.05, 4.69) is 24.7 Å². The van der Waals surface area contributed by atoms with Crippen LogP contribution in [0.25, 0.3) is 0 Å². The Hall–Kier alpha value is -2.42. The molecule has 0 saturated carbocycles. The van der Waals surface area contributed by atoms with Gasteiger partial charge in [0.1, 0.15) is 5.82 Å². The van der Waals surface area contributed by atoms with Crippen LogP contribution in [0.15, 0.2) is 36.4 Å². The predicted octanol–water partition coefficient (Wildman–Crippen LogP) is 1.70. The van der Waals surface area contributed by atoms with Crippen LogP contribution in [-0.4, -0.2) is 50.5 Å². The van der Waals surface area contributed by atoms with Gasteiger partial charge in [-0.05, 0) is 43.3 Å². The van der Waals surface area contributed by atoms with Crippen LogP contribution in [0.4, 0.5) is 21.7 Å². The molecule has 0 radical (unpaired) electrons. The monoisotopic (exact) mass is 365 g/mol. The third-order valence-electron chi connectivity index (χ3n) is 4.09. The molecule has 0 amide bonds. The Bertz CT molecular complexity index is 803. The zero-order chi connectivity index (χ0) is 17.9. The molecule has 0 spiro atoms. The predicted molar refractivity (Wildman–Crippen MR) is 95.9 cm³/mol. The molecule has 1 aliphatic rings. The number of benzene rings is 1. The minimum absolute atomic E-state index is 0.0121. The van der Waals surface area contributed by atoms with Crippen molar-refractivity contribution in [1.29, 1.82) is 0 Å². The van der Waals surface area contributed by atoms with Crippen LogP contribution >= 0.6 is 0 Å². The summed E-state index contributed by atoms with van der Waals surface area (Å²) in [7, 11) is -3.35. The largest absolute Gasteiger partial charge is 0.368 e. The lowest BCUT2D eigenvalue weighted by atomic mass is 10.2. The van der Waals surface area contributed by atoms with Gasteiger partial charge < -0.3 is 9.80 Å². The van der Waals surface area contributed by atoms with Gasteiger partial charge in [0.15, 0.2) is 11.6 Å². The second-order valence-electron chi connectivity index (χ2n) is 5.73. The van der Waals surface area contributed by atoms with Crippen molar-refractivity contribution >= 4 is 27.3 Å². The zero-order valence-corrected chi connectivity index (χ0v) is 14.7. The Labute approximate surface area is 146 Å². The van der Waals surface area contributed by atoms with E-state index in [0.29, 0.717) is 5.82 Å². The molecule has 25 heavy (non-hydrogen) atoms. The highest BCUT2D eigenvalue weighted by atomic mass is 32.2. The normalized spacial score (nSPS) is 15.3. The van der Waals surface area contributed by atoms with Crippen molar-refractivity contribution < 1.29 is 12.8 Å². The number of rotatable bonds is 5. The van der Waals surface area contributed by atoms with Crippen LogP contribution in [-0.2, 0) is 10.0 Å². The molecule has 134 valence electrons. The number of anilines is 3. The number of sulfonamides is 1. The summed E-state index contributed by atoms with van der Waals surface area (Å²) < 4.78 is 38.4. The first kappa shape index (κ1) is 17.4. The van der Waals surface area contributed by atoms with E-state index in [1.54, 1.807) is 31.2 Å². The molecule has 1 aromatic carbocycles. The molecule has 1 fully saturated rings. The standard InChI is InChI=1S/C16H20FN5O2S/c1-2-25(23,24)20-15-7-8-16(19-18-15)22-11-9-21(10-12-22)14-5-3-13(17)4-6-14/h3-8H,2,9-12H2,1H3,(H,18,20). The lowest BCUT2D eigenvalue weighted by Crippen LogP contribution is -2.46. The Morgan fingerprint density at radius 3 is 2.20 bits per heavy atom. The van der Waals surface area contributed by atoms with Gasteiger partial charge in [-0.25, -0.2) is 12.8 Å². The first-order chi connectivity index (χ1) is 12.0. The van der Waals surface area contributed by atoms with E-state index in [0.717, 1.165) is 31.9 Å². The topological polar surface area (TPSA) is 78.4 Å². The van der Waals surface area contributed by atoms with Crippen molar-refractivity contribution in [1.82, 2.24) is 10.2 Å². The number of halogens is 1. The van der Waals surface area contributed by atoms with Crippen LogP contribution in [0, 0.1) is 5.82 Å². The lowest BCUT2D eigenvalue weighted by Gasteiger charge is -2.36. The molecule has 0 aliphatic carbocycles.